The minimum Gasteiger partial charge on any atom is -0.461 e. The Hall–Kier alpha value is -1.59. The maximum atomic E-state index is 12.4. The van der Waals surface area contributed by atoms with Crippen molar-refractivity contribution in [2.45, 2.75) is 19.3 Å². The molecule has 0 spiro atoms. The van der Waals surface area contributed by atoms with E-state index in [1.54, 1.807) is 24.2 Å². The van der Waals surface area contributed by atoms with Gasteiger partial charge in [0.25, 0.3) is 0 Å². The van der Waals surface area contributed by atoms with Crippen LogP contribution in [-0.4, -0.2) is 63.2 Å². The number of ether oxygens (including phenoxy) is 1. The Balaban J connectivity index is 1.91. The van der Waals surface area contributed by atoms with Crippen LogP contribution in [0.5, 0.6) is 0 Å². The first kappa shape index (κ1) is 17.8. The molecule has 1 heterocycles. The van der Waals surface area contributed by atoms with Gasteiger partial charge in [0.2, 0.25) is 5.91 Å². The molecule has 0 radical (unpaired) electrons. The molecule has 2 rings (SSSR count). The van der Waals surface area contributed by atoms with Crippen LogP contribution in [0, 0.1) is 5.92 Å². The number of methoxy groups -OCH3 is 1. The third-order valence-electron chi connectivity index (χ3n) is 4.21. The Morgan fingerprint density at radius 1 is 1.35 bits per heavy atom. The van der Waals surface area contributed by atoms with Gasteiger partial charge >= 0.3 is 0 Å². The van der Waals surface area contributed by atoms with E-state index in [9.17, 15) is 4.79 Å². The van der Waals surface area contributed by atoms with Gasteiger partial charge in [0, 0.05) is 38.7 Å². The van der Waals surface area contributed by atoms with Crippen molar-refractivity contribution >= 4 is 12.0 Å². The lowest BCUT2D eigenvalue weighted by atomic mass is 10.3. The molecule has 1 fully saturated rings. The van der Waals surface area contributed by atoms with Gasteiger partial charge in [-0.25, -0.2) is 0 Å². The van der Waals surface area contributed by atoms with Crippen LogP contribution in [0.25, 0.3) is 6.08 Å². The van der Waals surface area contributed by atoms with Crippen molar-refractivity contribution in [2.75, 3.05) is 47.4 Å². The summed E-state index contributed by atoms with van der Waals surface area (Å²) in [5, 5.41) is 0. The minimum absolute atomic E-state index is 0.0124. The second kappa shape index (κ2) is 8.31. The van der Waals surface area contributed by atoms with Crippen LogP contribution < -0.4 is 0 Å². The van der Waals surface area contributed by atoms with Gasteiger partial charge in [0.1, 0.15) is 11.5 Å². The van der Waals surface area contributed by atoms with E-state index in [0.717, 1.165) is 24.0 Å². The fraction of sp³-hybridized carbons (Fsp3) is 0.611. The van der Waals surface area contributed by atoms with Crippen LogP contribution >= 0.6 is 0 Å². The van der Waals surface area contributed by atoms with Gasteiger partial charge in [-0.15, -0.1) is 0 Å². The first-order chi connectivity index (χ1) is 11.0. The number of likely N-dealkylation sites (N-methyl/N-ethyl adjacent to an activating group) is 1. The van der Waals surface area contributed by atoms with Crippen LogP contribution in [0.3, 0.4) is 0 Å². The number of nitrogens with zero attached hydrogens (tertiary/aromatic N) is 2. The molecular weight excluding hydrogens is 292 g/mol. The lowest BCUT2D eigenvalue weighted by Crippen LogP contribution is -2.37. The molecule has 2 atom stereocenters. The third-order valence-corrected chi connectivity index (χ3v) is 4.21. The van der Waals surface area contributed by atoms with E-state index in [1.807, 2.05) is 26.2 Å². The van der Waals surface area contributed by atoms with E-state index >= 15 is 0 Å². The summed E-state index contributed by atoms with van der Waals surface area (Å²) in [4.78, 5) is 16.2. The summed E-state index contributed by atoms with van der Waals surface area (Å²) in [5.74, 6) is 3.04. The molecule has 0 aromatic carbocycles. The minimum atomic E-state index is -0.0124. The van der Waals surface area contributed by atoms with Gasteiger partial charge in [-0.3, -0.25) is 4.79 Å². The zero-order valence-electron chi connectivity index (χ0n) is 14.6. The summed E-state index contributed by atoms with van der Waals surface area (Å²) in [5.41, 5.74) is 0. The van der Waals surface area contributed by atoms with Crippen molar-refractivity contribution in [3.63, 3.8) is 0 Å². The molecule has 128 valence electrons. The normalized spacial score (nSPS) is 20.4. The first-order valence-corrected chi connectivity index (χ1v) is 8.21. The number of rotatable bonds is 9. The second-order valence-corrected chi connectivity index (χ2v) is 6.51. The maximum absolute atomic E-state index is 12.4. The molecule has 5 nitrogen and oxygen atoms in total. The highest BCUT2D eigenvalue weighted by Gasteiger charge is 2.36. The van der Waals surface area contributed by atoms with E-state index in [2.05, 4.69) is 11.8 Å². The molecule has 1 amide bonds. The molecule has 1 aromatic rings. The van der Waals surface area contributed by atoms with Crippen molar-refractivity contribution in [1.29, 1.82) is 0 Å². The molecule has 0 N–H and O–H groups in total. The Kier molecular flexibility index (Phi) is 6.42. The molecule has 0 saturated heterocycles. The molecule has 1 aliphatic rings. The van der Waals surface area contributed by atoms with Crippen LogP contribution in [0.1, 0.15) is 30.8 Å². The Labute approximate surface area is 138 Å². The van der Waals surface area contributed by atoms with Gasteiger partial charge in [-0.2, -0.15) is 0 Å². The second-order valence-electron chi connectivity index (χ2n) is 6.51. The van der Waals surface area contributed by atoms with Crippen molar-refractivity contribution < 1.29 is 13.9 Å². The average molecular weight is 320 g/mol. The largest absolute Gasteiger partial charge is 0.461 e. The number of carbonyl (C=O) groups excluding carboxylic acids is 1. The van der Waals surface area contributed by atoms with E-state index in [-0.39, 0.29) is 5.91 Å². The summed E-state index contributed by atoms with van der Waals surface area (Å²) in [7, 11) is 5.64. The Bertz CT molecular complexity index is 536. The average Bonchev–Trinajstić information content (AvgIpc) is 3.06. The number of hydrogen-bond acceptors (Lipinski definition) is 4. The number of furan rings is 1. The smallest absolute Gasteiger partial charge is 0.246 e. The van der Waals surface area contributed by atoms with Crippen molar-refractivity contribution in [3.8, 4) is 0 Å². The predicted octanol–water partition coefficient (Wildman–Crippen LogP) is 2.45. The molecule has 0 aliphatic heterocycles. The zero-order valence-corrected chi connectivity index (χ0v) is 14.6. The Morgan fingerprint density at radius 3 is 2.70 bits per heavy atom. The highest BCUT2D eigenvalue weighted by molar-refractivity contribution is 5.91. The standard InChI is InChI=1S/C18H28N2O3/c1-14-13-16(14)17-7-5-15(23-17)6-8-18(21)20(11-12-22-4)10-9-19(2)3/h5-8,14,16H,9-13H2,1-4H3. The van der Waals surface area contributed by atoms with Gasteiger partial charge < -0.3 is 19.0 Å². The molecule has 1 aromatic heterocycles. The van der Waals surface area contributed by atoms with E-state index < -0.39 is 0 Å². The molecular formula is C18H28N2O3. The zero-order chi connectivity index (χ0) is 16.8. The quantitative estimate of drug-likeness (QED) is 0.656. The molecule has 0 bridgehead atoms. The lowest BCUT2D eigenvalue weighted by molar-refractivity contribution is -0.126. The van der Waals surface area contributed by atoms with Crippen molar-refractivity contribution in [1.82, 2.24) is 9.80 Å². The maximum Gasteiger partial charge on any atom is 0.246 e. The van der Waals surface area contributed by atoms with Gasteiger partial charge in [0.05, 0.1) is 6.61 Å². The summed E-state index contributed by atoms with van der Waals surface area (Å²) in [6.45, 7) is 4.87. The summed E-state index contributed by atoms with van der Waals surface area (Å²) in [6.07, 6.45) is 4.55. The van der Waals surface area contributed by atoms with Gasteiger partial charge in [-0.1, -0.05) is 6.92 Å². The first-order valence-electron chi connectivity index (χ1n) is 8.21. The van der Waals surface area contributed by atoms with E-state index in [1.165, 1.54) is 6.42 Å². The predicted molar refractivity (Wildman–Crippen MR) is 91.3 cm³/mol. The van der Waals surface area contributed by atoms with Crippen molar-refractivity contribution in [3.05, 3.63) is 29.7 Å². The molecule has 1 saturated carbocycles. The van der Waals surface area contributed by atoms with E-state index in [0.29, 0.717) is 25.6 Å². The topological polar surface area (TPSA) is 45.9 Å². The van der Waals surface area contributed by atoms with Crippen LogP contribution in [0.4, 0.5) is 0 Å². The van der Waals surface area contributed by atoms with Crippen LogP contribution in [-0.2, 0) is 9.53 Å². The van der Waals surface area contributed by atoms with Crippen molar-refractivity contribution in [2.24, 2.45) is 5.92 Å². The monoisotopic (exact) mass is 320 g/mol. The Morgan fingerprint density at radius 2 is 2.09 bits per heavy atom. The summed E-state index contributed by atoms with van der Waals surface area (Å²) in [6, 6.07) is 3.95. The fourth-order valence-corrected chi connectivity index (χ4v) is 2.49. The molecule has 1 aliphatic carbocycles. The summed E-state index contributed by atoms with van der Waals surface area (Å²) >= 11 is 0. The number of amides is 1. The highest BCUT2D eigenvalue weighted by atomic mass is 16.5. The van der Waals surface area contributed by atoms with Gasteiger partial charge in [0.15, 0.2) is 0 Å². The fourth-order valence-electron chi connectivity index (χ4n) is 2.49. The van der Waals surface area contributed by atoms with Crippen LogP contribution in [0.15, 0.2) is 22.6 Å². The molecule has 23 heavy (non-hydrogen) atoms. The third kappa shape index (κ3) is 5.52. The van der Waals surface area contributed by atoms with Gasteiger partial charge in [-0.05, 0) is 44.6 Å². The molecule has 2 unspecified atom stereocenters. The highest BCUT2D eigenvalue weighted by Crippen LogP contribution is 2.47. The van der Waals surface area contributed by atoms with E-state index in [4.69, 9.17) is 9.15 Å². The molecule has 5 heteroatoms. The number of carbonyl (C=O) groups is 1. The SMILES string of the molecule is COCCN(CCN(C)C)C(=O)C=Cc1ccc(C2CC2C)o1. The number of hydrogen-bond donors (Lipinski definition) is 0. The van der Waals surface area contributed by atoms with Crippen LogP contribution in [0.2, 0.25) is 0 Å². The summed E-state index contributed by atoms with van der Waals surface area (Å²) < 4.78 is 10.9. The lowest BCUT2D eigenvalue weighted by Gasteiger charge is -2.22.